The highest BCUT2D eigenvalue weighted by molar-refractivity contribution is 5.90. The van der Waals surface area contributed by atoms with Crippen LogP contribution in [0.15, 0.2) is 24.3 Å². The molecule has 0 radical (unpaired) electrons. The number of hydrogen-bond acceptors (Lipinski definition) is 2. The van der Waals surface area contributed by atoms with Gasteiger partial charge in [-0.25, -0.2) is 4.79 Å². The van der Waals surface area contributed by atoms with Crippen molar-refractivity contribution in [3.8, 4) is 0 Å². The predicted molar refractivity (Wildman–Crippen MR) is 56.9 cm³/mol. The summed E-state index contributed by atoms with van der Waals surface area (Å²) >= 11 is 0. The summed E-state index contributed by atoms with van der Waals surface area (Å²) in [4.78, 5) is 10.5. The van der Waals surface area contributed by atoms with E-state index in [1.807, 2.05) is 19.1 Å². The van der Waals surface area contributed by atoms with Crippen LogP contribution in [0.5, 0.6) is 0 Å². The molecule has 1 aromatic rings. The van der Waals surface area contributed by atoms with Crippen LogP contribution in [0.2, 0.25) is 0 Å². The Balaban J connectivity index is 3.20. The minimum atomic E-state index is -0.940. The molecule has 0 amide bonds. The molecular weight excluding hydrogens is 178 g/mol. The number of carbonyl (C=O) groups is 1. The Hall–Kier alpha value is -1.77. The fourth-order valence-corrected chi connectivity index (χ4v) is 1.34. The van der Waals surface area contributed by atoms with Gasteiger partial charge in [0.1, 0.15) is 0 Å². The van der Waals surface area contributed by atoms with Gasteiger partial charge in [-0.2, -0.15) is 0 Å². The van der Waals surface area contributed by atoms with Crippen LogP contribution in [0.4, 0.5) is 5.69 Å². The Bertz CT molecular complexity index is 394. The van der Waals surface area contributed by atoms with Crippen molar-refractivity contribution in [2.45, 2.75) is 13.8 Å². The zero-order valence-corrected chi connectivity index (χ0v) is 8.24. The zero-order chi connectivity index (χ0) is 10.7. The minimum Gasteiger partial charge on any atom is -0.478 e. The fourth-order valence-electron chi connectivity index (χ4n) is 1.34. The second-order valence-corrected chi connectivity index (χ2v) is 3.19. The van der Waals surface area contributed by atoms with Gasteiger partial charge in [0.25, 0.3) is 0 Å². The van der Waals surface area contributed by atoms with Crippen LogP contribution in [0.25, 0.3) is 5.57 Å². The van der Waals surface area contributed by atoms with Crippen molar-refractivity contribution < 1.29 is 9.90 Å². The maximum atomic E-state index is 10.5. The third-order valence-corrected chi connectivity index (χ3v) is 2.14. The van der Waals surface area contributed by atoms with Gasteiger partial charge in [-0.3, -0.25) is 0 Å². The van der Waals surface area contributed by atoms with E-state index in [9.17, 15) is 4.79 Å². The molecule has 3 nitrogen and oxygen atoms in total. The van der Waals surface area contributed by atoms with Crippen LogP contribution in [0.3, 0.4) is 0 Å². The molecule has 0 aliphatic rings. The molecule has 3 N–H and O–H groups in total. The van der Waals surface area contributed by atoms with Crippen molar-refractivity contribution >= 4 is 17.2 Å². The molecule has 1 aromatic carbocycles. The summed E-state index contributed by atoms with van der Waals surface area (Å²) in [6, 6.07) is 5.48. The van der Waals surface area contributed by atoms with Gasteiger partial charge in [0.05, 0.1) is 0 Å². The van der Waals surface area contributed by atoms with Crippen molar-refractivity contribution in [2.75, 3.05) is 5.73 Å². The van der Waals surface area contributed by atoms with Gasteiger partial charge in [-0.05, 0) is 36.6 Å². The summed E-state index contributed by atoms with van der Waals surface area (Å²) in [6.07, 6.45) is 1.18. The van der Waals surface area contributed by atoms with Crippen molar-refractivity contribution in [3.63, 3.8) is 0 Å². The number of rotatable bonds is 2. The standard InChI is InChI=1S/C11H13NO2/c1-7(6-11(13)14)9-4-3-5-10(12)8(9)2/h3-6H,12H2,1-2H3,(H,13,14). The Kier molecular flexibility index (Phi) is 2.92. The van der Waals surface area contributed by atoms with Gasteiger partial charge < -0.3 is 10.8 Å². The highest BCUT2D eigenvalue weighted by Gasteiger charge is 2.03. The van der Waals surface area contributed by atoms with Gasteiger partial charge in [0.2, 0.25) is 0 Å². The molecule has 0 aliphatic carbocycles. The molecule has 74 valence electrons. The second kappa shape index (κ2) is 3.96. The topological polar surface area (TPSA) is 63.3 Å². The van der Waals surface area contributed by atoms with Gasteiger partial charge in [-0.1, -0.05) is 12.1 Å². The molecule has 0 aromatic heterocycles. The number of nitrogen functional groups attached to an aromatic ring is 1. The van der Waals surface area contributed by atoms with E-state index in [0.29, 0.717) is 11.3 Å². The lowest BCUT2D eigenvalue weighted by atomic mass is 10.0. The lowest BCUT2D eigenvalue weighted by molar-refractivity contribution is -0.131. The quantitative estimate of drug-likeness (QED) is 0.555. The largest absolute Gasteiger partial charge is 0.478 e. The molecule has 1 rings (SSSR count). The normalized spacial score (nSPS) is 11.4. The SMILES string of the molecule is CC(=CC(=O)O)c1cccc(N)c1C. The molecule has 14 heavy (non-hydrogen) atoms. The number of anilines is 1. The number of aliphatic carboxylic acids is 1. The average molecular weight is 191 g/mol. The van der Waals surface area contributed by atoms with E-state index < -0.39 is 5.97 Å². The summed E-state index contributed by atoms with van der Waals surface area (Å²) < 4.78 is 0. The lowest BCUT2D eigenvalue weighted by Crippen LogP contribution is -1.95. The van der Waals surface area contributed by atoms with Crippen LogP contribution in [0, 0.1) is 6.92 Å². The third kappa shape index (κ3) is 2.13. The lowest BCUT2D eigenvalue weighted by Gasteiger charge is -2.07. The monoisotopic (exact) mass is 191 g/mol. The molecule has 0 saturated carbocycles. The molecule has 0 spiro atoms. The summed E-state index contributed by atoms with van der Waals surface area (Å²) in [5.74, 6) is -0.940. The first kappa shape index (κ1) is 10.3. The van der Waals surface area contributed by atoms with Gasteiger partial charge in [-0.15, -0.1) is 0 Å². The molecule has 0 bridgehead atoms. The maximum Gasteiger partial charge on any atom is 0.328 e. The molecule has 0 unspecified atom stereocenters. The Labute approximate surface area is 82.9 Å². The Morgan fingerprint density at radius 1 is 1.50 bits per heavy atom. The molecule has 0 heterocycles. The minimum absolute atomic E-state index is 0.681. The van der Waals surface area contributed by atoms with E-state index >= 15 is 0 Å². The summed E-state index contributed by atoms with van der Waals surface area (Å²) in [5.41, 5.74) is 8.91. The van der Waals surface area contributed by atoms with Crippen LogP contribution in [0.1, 0.15) is 18.1 Å². The van der Waals surface area contributed by atoms with Crippen LogP contribution in [-0.2, 0) is 4.79 Å². The van der Waals surface area contributed by atoms with Crippen molar-refractivity contribution in [1.29, 1.82) is 0 Å². The van der Waals surface area contributed by atoms with E-state index in [0.717, 1.165) is 11.1 Å². The van der Waals surface area contributed by atoms with Crippen molar-refractivity contribution in [2.24, 2.45) is 0 Å². The van der Waals surface area contributed by atoms with Crippen LogP contribution in [-0.4, -0.2) is 11.1 Å². The van der Waals surface area contributed by atoms with Crippen LogP contribution < -0.4 is 5.73 Å². The molecule has 0 saturated heterocycles. The first-order chi connectivity index (χ1) is 6.52. The van der Waals surface area contributed by atoms with Crippen LogP contribution >= 0.6 is 0 Å². The number of hydrogen-bond donors (Lipinski definition) is 2. The third-order valence-electron chi connectivity index (χ3n) is 2.14. The van der Waals surface area contributed by atoms with E-state index in [2.05, 4.69) is 0 Å². The predicted octanol–water partition coefficient (Wildman–Crippen LogP) is 2.07. The molecular formula is C11H13NO2. The van der Waals surface area contributed by atoms with Gasteiger partial charge >= 0.3 is 5.97 Å². The Morgan fingerprint density at radius 3 is 2.71 bits per heavy atom. The summed E-state index contributed by atoms with van der Waals surface area (Å²) in [5, 5.41) is 8.60. The number of carboxylic acids is 1. The van der Waals surface area contributed by atoms with E-state index in [-0.39, 0.29) is 0 Å². The van der Waals surface area contributed by atoms with E-state index in [1.165, 1.54) is 6.08 Å². The number of carboxylic acid groups (broad SMARTS) is 1. The smallest absolute Gasteiger partial charge is 0.328 e. The van der Waals surface area contributed by atoms with E-state index in [4.69, 9.17) is 10.8 Å². The molecule has 0 aliphatic heterocycles. The fraction of sp³-hybridized carbons (Fsp3) is 0.182. The molecule has 0 fully saturated rings. The number of nitrogens with two attached hydrogens (primary N) is 1. The number of benzene rings is 1. The van der Waals surface area contributed by atoms with Crippen molar-refractivity contribution in [1.82, 2.24) is 0 Å². The van der Waals surface area contributed by atoms with Gasteiger partial charge in [0, 0.05) is 11.8 Å². The average Bonchev–Trinajstić information content (AvgIpc) is 2.08. The highest BCUT2D eigenvalue weighted by atomic mass is 16.4. The molecule has 3 heteroatoms. The molecule has 0 atom stereocenters. The number of allylic oxidation sites excluding steroid dienone is 1. The second-order valence-electron chi connectivity index (χ2n) is 3.19. The first-order valence-electron chi connectivity index (χ1n) is 4.29. The zero-order valence-electron chi connectivity index (χ0n) is 8.24. The van der Waals surface area contributed by atoms with E-state index in [1.54, 1.807) is 13.0 Å². The Morgan fingerprint density at radius 2 is 2.14 bits per heavy atom. The summed E-state index contributed by atoms with van der Waals surface area (Å²) in [7, 11) is 0. The van der Waals surface area contributed by atoms with Crippen molar-refractivity contribution in [3.05, 3.63) is 35.4 Å². The summed E-state index contributed by atoms with van der Waals surface area (Å²) in [6.45, 7) is 3.64. The highest BCUT2D eigenvalue weighted by Crippen LogP contribution is 2.22. The van der Waals surface area contributed by atoms with Gasteiger partial charge in [0.15, 0.2) is 0 Å². The first-order valence-corrected chi connectivity index (χ1v) is 4.29. The maximum absolute atomic E-state index is 10.5.